The highest BCUT2D eigenvalue weighted by Gasteiger charge is 2.23. The fourth-order valence-electron chi connectivity index (χ4n) is 2.97. The Balaban J connectivity index is 1.67. The lowest BCUT2D eigenvalue weighted by Crippen LogP contribution is -2.32. The first-order chi connectivity index (χ1) is 11.6. The molecule has 1 atom stereocenters. The van der Waals surface area contributed by atoms with Gasteiger partial charge in [0.2, 0.25) is 0 Å². The Kier molecular flexibility index (Phi) is 5.20. The maximum absolute atomic E-state index is 12.6. The number of nitrogens with one attached hydrogen (secondary N) is 1. The Morgan fingerprint density at radius 2 is 2.17 bits per heavy atom. The zero-order chi connectivity index (χ0) is 17.0. The number of ether oxygens (including phenoxy) is 1. The van der Waals surface area contributed by atoms with Gasteiger partial charge in [-0.1, -0.05) is 25.1 Å². The first kappa shape index (κ1) is 17.0. The van der Waals surface area contributed by atoms with Crippen LogP contribution < -0.4 is 9.46 Å². The summed E-state index contributed by atoms with van der Waals surface area (Å²) in [5.74, 6) is 1.12. The number of nitrogens with zero attached hydrogens (tertiary/aromatic N) is 2. The molecule has 24 heavy (non-hydrogen) atoms. The minimum absolute atomic E-state index is 0.214. The number of aryl methyl sites for hydroxylation is 1. The summed E-state index contributed by atoms with van der Waals surface area (Å²) in [7, 11) is -3.55. The fourth-order valence-corrected chi connectivity index (χ4v) is 4.23. The van der Waals surface area contributed by atoms with Crippen LogP contribution in [-0.4, -0.2) is 31.3 Å². The van der Waals surface area contributed by atoms with Crippen molar-refractivity contribution in [2.75, 3.05) is 13.2 Å². The van der Waals surface area contributed by atoms with Crippen molar-refractivity contribution in [1.29, 1.82) is 0 Å². The van der Waals surface area contributed by atoms with E-state index < -0.39 is 10.0 Å². The highest BCUT2D eigenvalue weighted by atomic mass is 32.2. The average molecular weight is 349 g/mol. The molecule has 1 aliphatic rings. The van der Waals surface area contributed by atoms with Gasteiger partial charge in [-0.3, -0.25) is 4.68 Å². The van der Waals surface area contributed by atoms with Crippen molar-refractivity contribution in [1.82, 2.24) is 14.5 Å². The molecule has 1 N–H and O–H groups in total. The third kappa shape index (κ3) is 3.79. The number of fused-ring (bicyclic) bond motifs is 1. The first-order valence-corrected chi connectivity index (χ1v) is 9.80. The molecule has 2 heterocycles. The second-order valence-electron chi connectivity index (χ2n) is 6.06. The maximum Gasteiger partial charge on any atom is 0.257 e. The van der Waals surface area contributed by atoms with Gasteiger partial charge in [0, 0.05) is 13.1 Å². The molecule has 3 rings (SSSR count). The van der Waals surface area contributed by atoms with Crippen LogP contribution in [0, 0.1) is 5.92 Å². The van der Waals surface area contributed by atoms with Crippen molar-refractivity contribution >= 4 is 10.0 Å². The van der Waals surface area contributed by atoms with E-state index in [4.69, 9.17) is 4.74 Å². The van der Waals surface area contributed by atoms with Crippen LogP contribution in [0.4, 0.5) is 0 Å². The quantitative estimate of drug-likeness (QED) is 0.868. The molecule has 0 aliphatic carbocycles. The van der Waals surface area contributed by atoms with Crippen LogP contribution in [0.25, 0.3) is 0 Å². The van der Waals surface area contributed by atoms with Crippen molar-refractivity contribution in [3.05, 3.63) is 42.1 Å². The normalized spacial score (nSPS) is 17.8. The van der Waals surface area contributed by atoms with Gasteiger partial charge in [0.25, 0.3) is 10.0 Å². The molecule has 1 aromatic carbocycles. The Bertz CT molecular complexity index is 786. The van der Waals surface area contributed by atoms with Crippen molar-refractivity contribution in [3.63, 3.8) is 0 Å². The molecule has 0 bridgehead atoms. The molecular formula is C17H23N3O3S. The predicted octanol–water partition coefficient (Wildman–Crippen LogP) is 2.21. The van der Waals surface area contributed by atoms with E-state index in [1.54, 1.807) is 6.07 Å². The minimum atomic E-state index is -3.55. The predicted molar refractivity (Wildman–Crippen MR) is 91.5 cm³/mol. The summed E-state index contributed by atoms with van der Waals surface area (Å²) in [5.41, 5.74) is 1.13. The largest absolute Gasteiger partial charge is 0.493 e. The Labute approximate surface area is 142 Å². The van der Waals surface area contributed by atoms with Crippen molar-refractivity contribution in [2.45, 2.75) is 37.8 Å². The van der Waals surface area contributed by atoms with Gasteiger partial charge in [-0.15, -0.1) is 0 Å². The molecule has 0 saturated heterocycles. The lowest BCUT2D eigenvalue weighted by atomic mass is 9.97. The number of hydrogen-bond acceptors (Lipinski definition) is 4. The number of sulfonamides is 1. The third-order valence-corrected chi connectivity index (χ3v) is 5.66. The summed E-state index contributed by atoms with van der Waals surface area (Å²) in [5, 5.41) is 4.32. The molecule has 130 valence electrons. The molecule has 2 aromatic rings. The molecule has 6 nitrogen and oxygen atoms in total. The van der Waals surface area contributed by atoms with Crippen molar-refractivity contribution < 1.29 is 13.2 Å². The van der Waals surface area contributed by atoms with Gasteiger partial charge in [-0.2, -0.15) is 5.10 Å². The van der Waals surface area contributed by atoms with E-state index in [0.29, 0.717) is 19.7 Å². The summed E-state index contributed by atoms with van der Waals surface area (Å²) in [4.78, 5) is 0. The average Bonchev–Trinajstić information content (AvgIpc) is 2.93. The van der Waals surface area contributed by atoms with E-state index >= 15 is 0 Å². The highest BCUT2D eigenvalue weighted by molar-refractivity contribution is 7.89. The highest BCUT2D eigenvalue weighted by Crippen LogP contribution is 2.26. The Morgan fingerprint density at radius 1 is 1.33 bits per heavy atom. The van der Waals surface area contributed by atoms with Gasteiger partial charge in [0.15, 0.2) is 5.03 Å². The van der Waals surface area contributed by atoms with Gasteiger partial charge in [-0.25, -0.2) is 13.1 Å². The number of rotatable bonds is 6. The van der Waals surface area contributed by atoms with E-state index in [1.807, 2.05) is 31.2 Å². The van der Waals surface area contributed by atoms with Gasteiger partial charge in [-0.05, 0) is 42.9 Å². The fraction of sp³-hybridized carbons (Fsp3) is 0.471. The number of para-hydroxylation sites is 1. The molecule has 0 saturated carbocycles. The number of hydrogen-bond donors (Lipinski definition) is 1. The van der Waals surface area contributed by atoms with Crippen LogP contribution in [0.15, 0.2) is 41.6 Å². The van der Waals surface area contributed by atoms with Crippen molar-refractivity contribution in [3.8, 4) is 5.75 Å². The monoisotopic (exact) mass is 349 g/mol. The topological polar surface area (TPSA) is 73.2 Å². The number of aromatic nitrogens is 2. The zero-order valence-electron chi connectivity index (χ0n) is 13.8. The second kappa shape index (κ2) is 7.36. The summed E-state index contributed by atoms with van der Waals surface area (Å²) in [6, 6.07) is 9.49. The molecule has 0 fully saturated rings. The van der Waals surface area contributed by atoms with Crippen LogP contribution in [0.2, 0.25) is 0 Å². The molecule has 0 radical (unpaired) electrons. The van der Waals surface area contributed by atoms with Gasteiger partial charge < -0.3 is 4.74 Å². The van der Waals surface area contributed by atoms with Crippen LogP contribution in [0.5, 0.6) is 5.75 Å². The van der Waals surface area contributed by atoms with Crippen LogP contribution >= 0.6 is 0 Å². The lowest BCUT2D eigenvalue weighted by Gasteiger charge is -2.15. The van der Waals surface area contributed by atoms with Crippen molar-refractivity contribution in [2.24, 2.45) is 5.92 Å². The van der Waals surface area contributed by atoms with Gasteiger partial charge >= 0.3 is 0 Å². The van der Waals surface area contributed by atoms with Gasteiger partial charge in [0.05, 0.1) is 12.8 Å². The molecule has 0 unspecified atom stereocenters. The third-order valence-electron chi connectivity index (χ3n) is 4.22. The van der Waals surface area contributed by atoms with E-state index in [9.17, 15) is 8.42 Å². The Morgan fingerprint density at radius 3 is 3.00 bits per heavy atom. The van der Waals surface area contributed by atoms with E-state index in [0.717, 1.165) is 30.6 Å². The summed E-state index contributed by atoms with van der Waals surface area (Å²) in [6.07, 6.45) is 4.00. The lowest BCUT2D eigenvalue weighted by molar-refractivity contribution is 0.294. The Hall–Kier alpha value is -1.86. The smallest absolute Gasteiger partial charge is 0.257 e. The van der Waals surface area contributed by atoms with Crippen LogP contribution in [-0.2, 0) is 23.0 Å². The van der Waals surface area contributed by atoms with Gasteiger partial charge in [0.1, 0.15) is 5.75 Å². The molecule has 0 amide bonds. The zero-order valence-corrected chi connectivity index (χ0v) is 14.6. The SMILES string of the molecule is CCCn1nccc1S(=O)(=O)NC[C@@H]1CCOc2ccccc2C1. The number of benzene rings is 1. The second-order valence-corrected chi connectivity index (χ2v) is 7.77. The van der Waals surface area contributed by atoms with Crippen LogP contribution in [0.1, 0.15) is 25.3 Å². The molecule has 1 aromatic heterocycles. The van der Waals surface area contributed by atoms with Crippen LogP contribution in [0.3, 0.4) is 0 Å². The molecular weight excluding hydrogens is 326 g/mol. The first-order valence-electron chi connectivity index (χ1n) is 8.32. The van der Waals surface area contributed by atoms with E-state index in [1.165, 1.54) is 10.9 Å². The van der Waals surface area contributed by atoms with E-state index in [-0.39, 0.29) is 10.9 Å². The minimum Gasteiger partial charge on any atom is -0.493 e. The standard InChI is InChI=1S/C17H23N3O3S/c1-2-10-20-17(7-9-18-20)24(21,22)19-13-14-8-11-23-16-6-4-3-5-15(16)12-14/h3-7,9,14,19H,2,8,10-13H2,1H3/t14-/m1/s1. The molecule has 0 spiro atoms. The maximum atomic E-state index is 12.6. The summed E-state index contributed by atoms with van der Waals surface area (Å²) >= 11 is 0. The van der Waals surface area contributed by atoms with E-state index in [2.05, 4.69) is 9.82 Å². The summed E-state index contributed by atoms with van der Waals surface area (Å²) in [6.45, 7) is 3.59. The molecule has 7 heteroatoms. The molecule has 1 aliphatic heterocycles. The summed E-state index contributed by atoms with van der Waals surface area (Å²) < 4.78 is 35.1.